The molecule has 0 bridgehead atoms. The standard InChI is InChI=1S/C18H14N2O7/c1-25-14-7-6-10(8-15(14)26-2)12-9-16(21)27-18(19-12)11-4-3-5-13(17(11)22)20(23)24/h3-9,22H,1-2H3. The van der Waals surface area contributed by atoms with Crippen LogP contribution in [0.15, 0.2) is 51.7 Å². The second-order valence-corrected chi connectivity index (χ2v) is 5.37. The number of rotatable bonds is 5. The van der Waals surface area contributed by atoms with Crippen LogP contribution in [-0.2, 0) is 0 Å². The summed E-state index contributed by atoms with van der Waals surface area (Å²) in [6.45, 7) is 0. The molecule has 1 aromatic heterocycles. The maximum atomic E-state index is 12.0. The van der Waals surface area contributed by atoms with Crippen molar-refractivity contribution >= 4 is 5.69 Å². The van der Waals surface area contributed by atoms with Crippen LogP contribution in [0.1, 0.15) is 0 Å². The number of nitro benzene ring substituents is 1. The van der Waals surface area contributed by atoms with Gasteiger partial charge in [0.2, 0.25) is 11.6 Å². The summed E-state index contributed by atoms with van der Waals surface area (Å²) >= 11 is 0. The number of methoxy groups -OCH3 is 2. The lowest BCUT2D eigenvalue weighted by Crippen LogP contribution is -2.03. The molecule has 3 rings (SSSR count). The highest BCUT2D eigenvalue weighted by Gasteiger charge is 2.21. The van der Waals surface area contributed by atoms with Gasteiger partial charge in [0, 0.05) is 11.6 Å². The molecule has 0 atom stereocenters. The summed E-state index contributed by atoms with van der Waals surface area (Å²) in [4.78, 5) is 26.5. The van der Waals surface area contributed by atoms with Crippen LogP contribution in [0.5, 0.6) is 17.2 Å². The lowest BCUT2D eigenvalue weighted by Gasteiger charge is -2.10. The van der Waals surface area contributed by atoms with Gasteiger partial charge in [0.05, 0.1) is 36.5 Å². The van der Waals surface area contributed by atoms with E-state index < -0.39 is 22.0 Å². The molecule has 0 saturated heterocycles. The van der Waals surface area contributed by atoms with Gasteiger partial charge in [0.25, 0.3) is 0 Å². The summed E-state index contributed by atoms with van der Waals surface area (Å²) in [5.74, 6) is 0.0571. The lowest BCUT2D eigenvalue weighted by molar-refractivity contribution is -0.385. The number of phenolic OH excluding ortho intramolecular Hbond substituents is 1. The minimum absolute atomic E-state index is 0.0661. The fraction of sp³-hybridized carbons (Fsp3) is 0.111. The molecule has 1 heterocycles. The Labute approximate surface area is 152 Å². The molecule has 3 aromatic rings. The van der Waals surface area contributed by atoms with Gasteiger partial charge in [-0.1, -0.05) is 6.07 Å². The summed E-state index contributed by atoms with van der Waals surface area (Å²) in [5, 5.41) is 21.1. The van der Waals surface area contributed by atoms with Crippen molar-refractivity contribution in [2.24, 2.45) is 0 Å². The number of ether oxygens (including phenoxy) is 2. The molecule has 0 aliphatic carbocycles. The minimum Gasteiger partial charge on any atom is -0.502 e. The molecule has 9 heteroatoms. The smallest absolute Gasteiger partial charge is 0.339 e. The summed E-state index contributed by atoms with van der Waals surface area (Å²) in [5.41, 5.74) is -0.535. The van der Waals surface area contributed by atoms with Crippen LogP contribution in [0.3, 0.4) is 0 Å². The van der Waals surface area contributed by atoms with Gasteiger partial charge in [-0.25, -0.2) is 9.78 Å². The molecule has 2 aromatic carbocycles. The molecular formula is C18H14N2O7. The van der Waals surface area contributed by atoms with E-state index in [2.05, 4.69) is 4.98 Å². The van der Waals surface area contributed by atoms with Crippen molar-refractivity contribution in [3.63, 3.8) is 0 Å². The molecule has 27 heavy (non-hydrogen) atoms. The summed E-state index contributed by atoms with van der Waals surface area (Å²) in [6, 6.07) is 9.96. The number of nitrogens with zero attached hydrogens (tertiary/aromatic N) is 2. The second kappa shape index (κ2) is 7.16. The molecule has 0 amide bonds. The molecular weight excluding hydrogens is 356 g/mol. The molecule has 0 spiro atoms. The van der Waals surface area contributed by atoms with Crippen LogP contribution in [-0.4, -0.2) is 29.2 Å². The van der Waals surface area contributed by atoms with Gasteiger partial charge < -0.3 is 19.0 Å². The number of aromatic nitrogens is 1. The Morgan fingerprint density at radius 2 is 1.85 bits per heavy atom. The molecule has 9 nitrogen and oxygen atoms in total. The zero-order valence-corrected chi connectivity index (χ0v) is 14.3. The predicted octanol–water partition coefficient (Wildman–Crippen LogP) is 3.00. The van der Waals surface area contributed by atoms with Gasteiger partial charge in [-0.15, -0.1) is 0 Å². The molecule has 0 saturated carbocycles. The molecule has 138 valence electrons. The number of phenols is 1. The van der Waals surface area contributed by atoms with E-state index in [-0.39, 0.29) is 17.1 Å². The zero-order valence-electron chi connectivity index (χ0n) is 14.3. The topological polar surface area (TPSA) is 125 Å². The molecule has 0 fully saturated rings. The Hall–Kier alpha value is -3.88. The molecule has 0 aliphatic rings. The highest BCUT2D eigenvalue weighted by atomic mass is 16.6. The van der Waals surface area contributed by atoms with E-state index in [1.165, 1.54) is 32.4 Å². The number of hydrogen-bond acceptors (Lipinski definition) is 8. The maximum Gasteiger partial charge on any atom is 0.339 e. The number of aromatic hydroxyl groups is 1. The third kappa shape index (κ3) is 3.43. The first-order valence-electron chi connectivity index (χ1n) is 7.66. The highest BCUT2D eigenvalue weighted by Crippen LogP contribution is 2.36. The van der Waals surface area contributed by atoms with E-state index in [4.69, 9.17) is 13.9 Å². The largest absolute Gasteiger partial charge is 0.502 e. The number of hydrogen-bond donors (Lipinski definition) is 1. The number of para-hydroxylation sites is 1. The van der Waals surface area contributed by atoms with E-state index in [9.17, 15) is 20.0 Å². The lowest BCUT2D eigenvalue weighted by atomic mass is 10.1. The predicted molar refractivity (Wildman–Crippen MR) is 95.1 cm³/mol. The first kappa shape index (κ1) is 17.9. The van der Waals surface area contributed by atoms with Crippen molar-refractivity contribution in [3.05, 3.63) is 63.0 Å². The Kier molecular flexibility index (Phi) is 4.75. The average Bonchev–Trinajstić information content (AvgIpc) is 2.66. The van der Waals surface area contributed by atoms with Crippen LogP contribution in [0.2, 0.25) is 0 Å². The van der Waals surface area contributed by atoms with Gasteiger partial charge in [-0.2, -0.15) is 0 Å². The van der Waals surface area contributed by atoms with E-state index >= 15 is 0 Å². The minimum atomic E-state index is -0.741. The second-order valence-electron chi connectivity index (χ2n) is 5.37. The molecule has 0 radical (unpaired) electrons. The highest BCUT2D eigenvalue weighted by molar-refractivity contribution is 5.71. The molecule has 1 N–H and O–H groups in total. The quantitative estimate of drug-likeness (QED) is 0.537. The average molecular weight is 370 g/mol. The van der Waals surface area contributed by atoms with Crippen molar-refractivity contribution in [1.29, 1.82) is 0 Å². The van der Waals surface area contributed by atoms with Gasteiger partial charge in [0.1, 0.15) is 0 Å². The van der Waals surface area contributed by atoms with Gasteiger partial charge >= 0.3 is 11.3 Å². The fourth-order valence-corrected chi connectivity index (χ4v) is 2.51. The first-order valence-corrected chi connectivity index (χ1v) is 7.66. The van der Waals surface area contributed by atoms with Crippen LogP contribution in [0.25, 0.3) is 22.7 Å². The van der Waals surface area contributed by atoms with Crippen LogP contribution in [0.4, 0.5) is 5.69 Å². The molecule has 0 unspecified atom stereocenters. The normalized spacial score (nSPS) is 10.4. The van der Waals surface area contributed by atoms with Crippen molar-refractivity contribution in [1.82, 2.24) is 4.98 Å². The Morgan fingerprint density at radius 3 is 2.52 bits per heavy atom. The molecule has 0 aliphatic heterocycles. The third-order valence-corrected chi connectivity index (χ3v) is 3.79. The Bertz CT molecular complexity index is 1080. The van der Waals surface area contributed by atoms with Crippen molar-refractivity contribution < 1.29 is 23.9 Å². The SMILES string of the molecule is COc1ccc(-c2cc(=O)oc(-c3cccc([N+](=O)[O-])c3O)n2)cc1OC. The van der Waals surface area contributed by atoms with Gasteiger partial charge in [-0.3, -0.25) is 10.1 Å². The number of nitro groups is 1. The number of benzene rings is 2. The van der Waals surface area contributed by atoms with Crippen LogP contribution >= 0.6 is 0 Å². The maximum absolute atomic E-state index is 12.0. The first-order chi connectivity index (χ1) is 12.9. The summed E-state index contributed by atoms with van der Waals surface area (Å²) in [7, 11) is 2.97. The Morgan fingerprint density at radius 1 is 1.11 bits per heavy atom. The summed E-state index contributed by atoms with van der Waals surface area (Å²) in [6.07, 6.45) is 0. The zero-order chi connectivity index (χ0) is 19.6. The van der Waals surface area contributed by atoms with Gasteiger partial charge in [-0.05, 0) is 24.3 Å². The van der Waals surface area contributed by atoms with E-state index in [1.807, 2.05) is 0 Å². The van der Waals surface area contributed by atoms with Crippen LogP contribution in [0, 0.1) is 10.1 Å². The summed E-state index contributed by atoms with van der Waals surface area (Å²) < 4.78 is 15.4. The fourth-order valence-electron chi connectivity index (χ4n) is 2.51. The Balaban J connectivity index is 2.16. The van der Waals surface area contributed by atoms with E-state index in [0.29, 0.717) is 17.1 Å². The van der Waals surface area contributed by atoms with Crippen LogP contribution < -0.4 is 15.1 Å². The van der Waals surface area contributed by atoms with E-state index in [0.717, 1.165) is 6.07 Å². The van der Waals surface area contributed by atoms with Crippen molar-refractivity contribution in [2.75, 3.05) is 14.2 Å². The van der Waals surface area contributed by atoms with Crippen molar-refractivity contribution in [2.45, 2.75) is 0 Å². The third-order valence-electron chi connectivity index (χ3n) is 3.79. The van der Waals surface area contributed by atoms with Gasteiger partial charge in [0.15, 0.2) is 11.5 Å². The van der Waals surface area contributed by atoms with Crippen molar-refractivity contribution in [3.8, 4) is 40.0 Å². The van der Waals surface area contributed by atoms with E-state index in [1.54, 1.807) is 18.2 Å². The monoisotopic (exact) mass is 370 g/mol.